The van der Waals surface area contributed by atoms with Gasteiger partial charge in [0.25, 0.3) is 5.91 Å². The number of rotatable bonds is 3. The van der Waals surface area contributed by atoms with E-state index in [0.717, 1.165) is 0 Å². The lowest BCUT2D eigenvalue weighted by molar-refractivity contribution is -0.203. The van der Waals surface area contributed by atoms with Gasteiger partial charge in [-0.15, -0.1) is 0 Å². The minimum atomic E-state index is -4.74. The van der Waals surface area contributed by atoms with Gasteiger partial charge in [0.2, 0.25) is 0 Å². The molecule has 0 fully saturated rings. The first-order chi connectivity index (χ1) is 7.32. The summed E-state index contributed by atoms with van der Waals surface area (Å²) in [6, 6.07) is 2.64. The van der Waals surface area contributed by atoms with Crippen LogP contribution >= 0.6 is 0 Å². The zero-order valence-corrected chi connectivity index (χ0v) is 8.03. The maximum Gasteiger partial charge on any atom is 0.414 e. The van der Waals surface area contributed by atoms with Gasteiger partial charge < -0.3 is 10.8 Å². The first-order valence-electron chi connectivity index (χ1n) is 4.31. The number of primary amides is 1. The highest BCUT2D eigenvalue weighted by molar-refractivity contribution is 5.93. The number of pyridine rings is 1. The Hall–Kier alpha value is -1.63. The Morgan fingerprint density at radius 3 is 2.69 bits per heavy atom. The van der Waals surface area contributed by atoms with Crippen LogP contribution in [0.2, 0.25) is 0 Å². The van der Waals surface area contributed by atoms with Gasteiger partial charge in [0.05, 0.1) is 11.3 Å². The molecule has 0 radical (unpaired) electrons. The molecular formula is C9H9F3N2O2. The predicted octanol–water partition coefficient (Wildman–Crippen LogP) is 0.646. The van der Waals surface area contributed by atoms with Crippen LogP contribution in [0.1, 0.15) is 16.1 Å². The van der Waals surface area contributed by atoms with E-state index in [1.165, 1.54) is 18.3 Å². The predicted molar refractivity (Wildman–Crippen MR) is 48.5 cm³/mol. The third kappa shape index (κ3) is 2.93. The van der Waals surface area contributed by atoms with Crippen molar-refractivity contribution in [3.8, 4) is 0 Å². The molecule has 1 atom stereocenters. The molecule has 3 N–H and O–H groups in total. The highest BCUT2D eigenvalue weighted by Gasteiger charge is 2.38. The number of nitrogens with zero attached hydrogens (tertiary/aromatic N) is 1. The van der Waals surface area contributed by atoms with Crippen molar-refractivity contribution >= 4 is 5.91 Å². The fourth-order valence-electron chi connectivity index (χ4n) is 1.12. The van der Waals surface area contributed by atoms with Crippen molar-refractivity contribution in [2.75, 3.05) is 0 Å². The number of amides is 1. The first-order valence-corrected chi connectivity index (χ1v) is 4.31. The summed E-state index contributed by atoms with van der Waals surface area (Å²) in [6.45, 7) is 0. The molecule has 0 aromatic carbocycles. The Morgan fingerprint density at radius 2 is 2.19 bits per heavy atom. The number of aromatic nitrogens is 1. The van der Waals surface area contributed by atoms with Gasteiger partial charge in [0.15, 0.2) is 6.10 Å². The Bertz CT molecular complexity index is 393. The van der Waals surface area contributed by atoms with Crippen molar-refractivity contribution in [3.05, 3.63) is 29.6 Å². The van der Waals surface area contributed by atoms with E-state index in [4.69, 9.17) is 10.8 Å². The highest BCUT2D eigenvalue weighted by Crippen LogP contribution is 2.23. The number of hydrogen-bond donors (Lipinski definition) is 2. The van der Waals surface area contributed by atoms with Gasteiger partial charge in [0.1, 0.15) is 0 Å². The molecule has 1 unspecified atom stereocenters. The van der Waals surface area contributed by atoms with Crippen molar-refractivity contribution in [2.24, 2.45) is 5.73 Å². The number of aliphatic hydroxyl groups is 1. The van der Waals surface area contributed by atoms with Gasteiger partial charge in [-0.05, 0) is 12.1 Å². The molecule has 0 aliphatic heterocycles. The van der Waals surface area contributed by atoms with E-state index in [1.807, 2.05) is 0 Å². The van der Waals surface area contributed by atoms with Crippen LogP contribution in [-0.2, 0) is 6.42 Å². The Labute approximate surface area is 88.9 Å². The molecule has 0 aliphatic carbocycles. The molecule has 1 rings (SSSR count). The zero-order chi connectivity index (χ0) is 12.3. The summed E-state index contributed by atoms with van der Waals surface area (Å²) in [5, 5.41) is 8.83. The van der Waals surface area contributed by atoms with E-state index in [-0.39, 0.29) is 11.3 Å². The quantitative estimate of drug-likeness (QED) is 0.806. The molecule has 4 nitrogen and oxygen atoms in total. The third-order valence-electron chi connectivity index (χ3n) is 1.92. The average Bonchev–Trinajstić information content (AvgIpc) is 2.16. The average molecular weight is 234 g/mol. The standard InChI is InChI=1S/C9H9F3N2O2/c10-9(11,12)7(15)4-6-5(8(13)16)2-1-3-14-6/h1-3,7,15H,4H2,(H2,13,16). The van der Waals surface area contributed by atoms with E-state index in [0.29, 0.717) is 0 Å². The molecule has 0 bridgehead atoms. The molecule has 0 saturated heterocycles. The van der Waals surface area contributed by atoms with Gasteiger partial charge >= 0.3 is 6.18 Å². The Balaban J connectivity index is 2.93. The summed E-state index contributed by atoms with van der Waals surface area (Å²) in [5.74, 6) is -0.877. The first kappa shape index (κ1) is 12.4. The van der Waals surface area contributed by atoms with E-state index in [9.17, 15) is 18.0 Å². The maximum atomic E-state index is 12.1. The number of alkyl halides is 3. The fraction of sp³-hybridized carbons (Fsp3) is 0.333. The van der Waals surface area contributed by atoms with Crippen LogP contribution in [0, 0.1) is 0 Å². The van der Waals surface area contributed by atoms with Crippen LogP contribution < -0.4 is 5.73 Å². The number of carbonyl (C=O) groups is 1. The Kier molecular flexibility index (Phi) is 3.48. The minimum absolute atomic E-state index is 0.120. The number of carbonyl (C=O) groups excluding carboxylic acids is 1. The van der Waals surface area contributed by atoms with Gasteiger partial charge in [-0.1, -0.05) is 0 Å². The van der Waals surface area contributed by atoms with Gasteiger partial charge in [-0.2, -0.15) is 13.2 Å². The molecular weight excluding hydrogens is 225 g/mol. The number of hydrogen-bond acceptors (Lipinski definition) is 3. The SMILES string of the molecule is NC(=O)c1cccnc1CC(O)C(F)(F)F. The largest absolute Gasteiger partial charge is 0.414 e. The monoisotopic (exact) mass is 234 g/mol. The van der Waals surface area contributed by atoms with Crippen molar-refractivity contribution in [3.63, 3.8) is 0 Å². The minimum Gasteiger partial charge on any atom is -0.383 e. The molecule has 0 aliphatic rings. The maximum absolute atomic E-state index is 12.1. The zero-order valence-electron chi connectivity index (χ0n) is 8.03. The molecule has 0 saturated carbocycles. The summed E-state index contributed by atoms with van der Waals surface area (Å²) in [5.41, 5.74) is 4.67. The van der Waals surface area contributed by atoms with E-state index in [1.54, 1.807) is 0 Å². The number of halogens is 3. The van der Waals surface area contributed by atoms with Crippen molar-refractivity contribution in [2.45, 2.75) is 18.7 Å². The van der Waals surface area contributed by atoms with Crippen molar-refractivity contribution in [1.29, 1.82) is 0 Å². The van der Waals surface area contributed by atoms with Gasteiger partial charge in [0, 0.05) is 12.6 Å². The molecule has 1 aromatic heterocycles. The fourth-order valence-corrected chi connectivity index (χ4v) is 1.12. The molecule has 1 amide bonds. The van der Waals surface area contributed by atoms with Crippen LogP contribution in [0.5, 0.6) is 0 Å². The van der Waals surface area contributed by atoms with Gasteiger partial charge in [-0.25, -0.2) is 0 Å². The summed E-state index contributed by atoms with van der Waals surface area (Å²) < 4.78 is 36.2. The molecule has 0 spiro atoms. The summed E-state index contributed by atoms with van der Waals surface area (Å²) in [6.07, 6.45) is -6.86. The summed E-state index contributed by atoms with van der Waals surface area (Å²) in [7, 11) is 0. The van der Waals surface area contributed by atoms with E-state index in [2.05, 4.69) is 4.98 Å². The van der Waals surface area contributed by atoms with Gasteiger partial charge in [-0.3, -0.25) is 9.78 Å². The van der Waals surface area contributed by atoms with E-state index < -0.39 is 24.6 Å². The van der Waals surface area contributed by atoms with E-state index >= 15 is 0 Å². The van der Waals surface area contributed by atoms with Crippen LogP contribution in [0.4, 0.5) is 13.2 Å². The summed E-state index contributed by atoms with van der Waals surface area (Å²) in [4.78, 5) is 14.5. The smallest absolute Gasteiger partial charge is 0.383 e. The highest BCUT2D eigenvalue weighted by atomic mass is 19.4. The van der Waals surface area contributed by atoms with Crippen molar-refractivity contribution < 1.29 is 23.1 Å². The van der Waals surface area contributed by atoms with Crippen LogP contribution in [-0.4, -0.2) is 28.3 Å². The van der Waals surface area contributed by atoms with Crippen LogP contribution in [0.3, 0.4) is 0 Å². The molecule has 16 heavy (non-hydrogen) atoms. The lowest BCUT2D eigenvalue weighted by Gasteiger charge is -2.14. The van der Waals surface area contributed by atoms with Crippen LogP contribution in [0.15, 0.2) is 18.3 Å². The second-order valence-corrected chi connectivity index (χ2v) is 3.12. The molecule has 88 valence electrons. The number of aliphatic hydroxyl groups excluding tert-OH is 1. The lowest BCUT2D eigenvalue weighted by atomic mass is 10.1. The Morgan fingerprint density at radius 1 is 1.56 bits per heavy atom. The molecule has 1 aromatic rings. The van der Waals surface area contributed by atoms with Crippen molar-refractivity contribution in [1.82, 2.24) is 4.98 Å². The molecule has 1 heterocycles. The number of nitrogens with two attached hydrogens (primary N) is 1. The third-order valence-corrected chi connectivity index (χ3v) is 1.92. The molecule has 7 heteroatoms. The van der Waals surface area contributed by atoms with Crippen LogP contribution in [0.25, 0.3) is 0 Å². The second kappa shape index (κ2) is 4.48. The lowest BCUT2D eigenvalue weighted by Crippen LogP contribution is -2.31. The topological polar surface area (TPSA) is 76.2 Å². The summed E-state index contributed by atoms with van der Waals surface area (Å²) >= 11 is 0. The normalized spacial score (nSPS) is 13.5. The second-order valence-electron chi connectivity index (χ2n) is 3.12.